The number of carbonyl (C=O) groups excluding carboxylic acids is 1. The Labute approximate surface area is 205 Å². The summed E-state index contributed by atoms with van der Waals surface area (Å²) in [6, 6.07) is 16.1. The van der Waals surface area contributed by atoms with Crippen LogP contribution in [-0.2, 0) is 16.1 Å². The fraction of sp³-hybridized carbons (Fsp3) is 0.385. The molecule has 2 saturated heterocycles. The quantitative estimate of drug-likeness (QED) is 0.541. The molecule has 2 aliphatic heterocycles. The lowest BCUT2D eigenvalue weighted by atomic mass is 9.96. The minimum Gasteiger partial charge on any atom is -0.378 e. The Kier molecular flexibility index (Phi) is 7.33. The van der Waals surface area contributed by atoms with Crippen molar-refractivity contribution in [3.63, 3.8) is 0 Å². The first-order chi connectivity index (χ1) is 17.2. The third-order valence-electron chi connectivity index (χ3n) is 6.55. The van der Waals surface area contributed by atoms with Crippen molar-refractivity contribution in [3.8, 4) is 0 Å². The summed E-state index contributed by atoms with van der Waals surface area (Å²) < 4.78 is 5.43. The maximum absolute atomic E-state index is 12.5. The molecule has 0 aliphatic carbocycles. The summed E-state index contributed by atoms with van der Waals surface area (Å²) in [5.41, 5.74) is 3.19. The third kappa shape index (κ3) is 6.05. The van der Waals surface area contributed by atoms with Crippen molar-refractivity contribution in [1.29, 1.82) is 0 Å². The molecule has 0 saturated carbocycles. The van der Waals surface area contributed by atoms with Gasteiger partial charge >= 0.3 is 0 Å². The van der Waals surface area contributed by atoms with E-state index in [2.05, 4.69) is 59.9 Å². The van der Waals surface area contributed by atoms with E-state index >= 15 is 0 Å². The Morgan fingerprint density at radius 2 is 1.74 bits per heavy atom. The molecule has 2 aromatic heterocycles. The fourth-order valence-electron chi connectivity index (χ4n) is 4.49. The van der Waals surface area contributed by atoms with Crippen LogP contribution in [0.1, 0.15) is 18.4 Å². The molecule has 5 rings (SSSR count). The Hall–Kier alpha value is -3.72. The molecule has 2 N–H and O–H groups in total. The Bertz CT molecular complexity index is 1080. The van der Waals surface area contributed by atoms with Gasteiger partial charge in [-0.25, -0.2) is 0 Å². The Morgan fingerprint density at radius 3 is 2.43 bits per heavy atom. The van der Waals surface area contributed by atoms with Crippen molar-refractivity contribution in [2.24, 2.45) is 5.92 Å². The zero-order chi connectivity index (χ0) is 23.9. The van der Waals surface area contributed by atoms with E-state index in [0.29, 0.717) is 12.4 Å². The van der Waals surface area contributed by atoms with Gasteiger partial charge in [-0.3, -0.25) is 9.78 Å². The van der Waals surface area contributed by atoms with Crippen molar-refractivity contribution < 1.29 is 9.53 Å². The van der Waals surface area contributed by atoms with Crippen LogP contribution in [0.3, 0.4) is 0 Å². The van der Waals surface area contributed by atoms with Gasteiger partial charge in [-0.15, -0.1) is 10.2 Å². The van der Waals surface area contributed by atoms with E-state index in [9.17, 15) is 4.79 Å². The zero-order valence-electron chi connectivity index (χ0n) is 19.8. The lowest BCUT2D eigenvalue weighted by molar-refractivity contribution is -0.125. The van der Waals surface area contributed by atoms with Gasteiger partial charge in [-0.2, -0.15) is 0 Å². The number of hydrogen-bond donors (Lipinski definition) is 2. The molecule has 1 aromatic carbocycles. The highest BCUT2D eigenvalue weighted by atomic mass is 16.5. The predicted molar refractivity (Wildman–Crippen MR) is 136 cm³/mol. The average Bonchev–Trinajstić information content (AvgIpc) is 2.94. The first kappa shape index (κ1) is 23.0. The van der Waals surface area contributed by atoms with Gasteiger partial charge < -0.3 is 25.2 Å². The van der Waals surface area contributed by atoms with Crippen LogP contribution in [0.4, 0.5) is 23.0 Å². The topological polar surface area (TPSA) is 95.5 Å². The smallest absolute Gasteiger partial charge is 0.223 e. The van der Waals surface area contributed by atoms with Crippen LogP contribution in [0.25, 0.3) is 0 Å². The molecule has 0 spiro atoms. The number of nitrogens with one attached hydrogen (secondary N) is 2. The van der Waals surface area contributed by atoms with E-state index in [1.54, 1.807) is 12.4 Å². The highest BCUT2D eigenvalue weighted by Crippen LogP contribution is 2.24. The summed E-state index contributed by atoms with van der Waals surface area (Å²) in [7, 11) is 0. The summed E-state index contributed by atoms with van der Waals surface area (Å²) in [6.45, 7) is 5.49. The number of pyridine rings is 1. The summed E-state index contributed by atoms with van der Waals surface area (Å²) in [4.78, 5) is 21.2. The van der Waals surface area contributed by atoms with Gasteiger partial charge in [-0.1, -0.05) is 6.07 Å². The van der Waals surface area contributed by atoms with Crippen molar-refractivity contribution >= 4 is 28.9 Å². The second kappa shape index (κ2) is 11.1. The van der Waals surface area contributed by atoms with Crippen LogP contribution in [0, 0.1) is 5.92 Å². The predicted octanol–water partition coefficient (Wildman–Crippen LogP) is 2.98. The first-order valence-electron chi connectivity index (χ1n) is 12.2. The first-order valence-corrected chi connectivity index (χ1v) is 12.2. The number of carbonyl (C=O) groups is 1. The number of rotatable bonds is 7. The van der Waals surface area contributed by atoms with Crippen molar-refractivity contribution in [2.45, 2.75) is 19.4 Å². The Morgan fingerprint density at radius 1 is 0.943 bits per heavy atom. The van der Waals surface area contributed by atoms with E-state index in [1.165, 1.54) is 5.69 Å². The van der Waals surface area contributed by atoms with Gasteiger partial charge in [0.2, 0.25) is 5.91 Å². The number of ether oxygens (including phenoxy) is 1. The maximum Gasteiger partial charge on any atom is 0.223 e. The number of anilines is 4. The van der Waals surface area contributed by atoms with E-state index in [0.717, 1.165) is 69.3 Å². The lowest BCUT2D eigenvalue weighted by Crippen LogP contribution is -2.40. The van der Waals surface area contributed by atoms with Crippen molar-refractivity contribution in [1.82, 2.24) is 20.5 Å². The molecule has 1 amide bonds. The summed E-state index contributed by atoms with van der Waals surface area (Å²) in [6.07, 6.45) is 5.11. The van der Waals surface area contributed by atoms with Crippen LogP contribution in [0.2, 0.25) is 0 Å². The second-order valence-electron chi connectivity index (χ2n) is 8.89. The highest BCUT2D eigenvalue weighted by Gasteiger charge is 2.25. The fourth-order valence-corrected chi connectivity index (χ4v) is 4.49. The molecule has 2 aliphatic rings. The van der Waals surface area contributed by atoms with E-state index in [-0.39, 0.29) is 11.8 Å². The van der Waals surface area contributed by atoms with Crippen LogP contribution >= 0.6 is 0 Å². The monoisotopic (exact) mass is 473 g/mol. The minimum atomic E-state index is 0.0252. The van der Waals surface area contributed by atoms with Crippen molar-refractivity contribution in [2.75, 3.05) is 54.5 Å². The molecular weight excluding hydrogens is 442 g/mol. The van der Waals surface area contributed by atoms with Crippen LogP contribution in [0.5, 0.6) is 0 Å². The molecule has 0 atom stereocenters. The lowest BCUT2D eigenvalue weighted by Gasteiger charge is -2.31. The minimum absolute atomic E-state index is 0.0252. The van der Waals surface area contributed by atoms with E-state index < -0.39 is 0 Å². The number of piperidine rings is 1. The summed E-state index contributed by atoms with van der Waals surface area (Å²) in [5.74, 6) is 1.68. The van der Waals surface area contributed by atoms with Crippen LogP contribution < -0.4 is 20.4 Å². The maximum atomic E-state index is 12.5. The number of benzene rings is 1. The number of aromatic nitrogens is 3. The van der Waals surface area contributed by atoms with Gasteiger partial charge in [0.05, 0.1) is 13.2 Å². The SMILES string of the molecule is O=C(NCc1cccnc1)C1CCN(c2ccc(Nc3ccc(N4CCOCC4)cc3)nn2)CC1. The molecule has 3 aromatic rings. The zero-order valence-corrected chi connectivity index (χ0v) is 19.8. The standard InChI is InChI=1S/C26H31N7O2/c34-26(28-19-20-2-1-11-27-18-20)21-9-12-33(13-10-21)25-8-7-24(30-31-25)29-22-3-5-23(6-4-22)32-14-16-35-17-15-32/h1-8,11,18,21H,9-10,12-17,19H2,(H,28,34)(H,29,30). The molecule has 9 heteroatoms. The molecule has 0 bridgehead atoms. The van der Waals surface area contributed by atoms with Gasteiger partial charge in [0, 0.05) is 62.4 Å². The molecule has 4 heterocycles. The van der Waals surface area contributed by atoms with Crippen molar-refractivity contribution in [3.05, 3.63) is 66.5 Å². The van der Waals surface area contributed by atoms with Gasteiger partial charge in [-0.05, 0) is 60.9 Å². The van der Waals surface area contributed by atoms with Crippen LogP contribution in [0.15, 0.2) is 60.9 Å². The van der Waals surface area contributed by atoms with Crippen LogP contribution in [-0.4, -0.2) is 60.5 Å². The molecule has 35 heavy (non-hydrogen) atoms. The molecule has 2 fully saturated rings. The molecule has 0 unspecified atom stereocenters. The highest BCUT2D eigenvalue weighted by molar-refractivity contribution is 5.79. The molecule has 182 valence electrons. The van der Waals surface area contributed by atoms with Gasteiger partial charge in [0.25, 0.3) is 0 Å². The third-order valence-corrected chi connectivity index (χ3v) is 6.55. The normalized spacial score (nSPS) is 16.7. The summed E-state index contributed by atoms with van der Waals surface area (Å²) >= 11 is 0. The number of morpholine rings is 1. The second-order valence-corrected chi connectivity index (χ2v) is 8.89. The molecule has 0 radical (unpaired) electrons. The molecule has 9 nitrogen and oxygen atoms in total. The summed E-state index contributed by atoms with van der Waals surface area (Å²) in [5, 5.41) is 15.1. The largest absolute Gasteiger partial charge is 0.378 e. The van der Waals surface area contributed by atoms with E-state index in [1.807, 2.05) is 24.3 Å². The Balaban J connectivity index is 1.09. The van der Waals surface area contributed by atoms with Gasteiger partial charge in [0.1, 0.15) is 0 Å². The number of nitrogens with zero attached hydrogens (tertiary/aromatic N) is 5. The average molecular weight is 474 g/mol. The molecular formula is C26H31N7O2. The number of amides is 1. The van der Waals surface area contributed by atoms with E-state index in [4.69, 9.17) is 4.74 Å². The van der Waals surface area contributed by atoms with Gasteiger partial charge in [0.15, 0.2) is 11.6 Å². The number of hydrogen-bond acceptors (Lipinski definition) is 8.